The highest BCUT2D eigenvalue weighted by Crippen LogP contribution is 2.44. The maximum Gasteiger partial charge on any atom is 0.110 e. The first kappa shape index (κ1) is 6.58. The van der Waals surface area contributed by atoms with Crippen LogP contribution < -0.4 is 0 Å². The quantitative estimate of drug-likeness (QED) is 0.524. The van der Waals surface area contributed by atoms with Crippen molar-refractivity contribution < 1.29 is 14.6 Å². The van der Waals surface area contributed by atoms with Crippen LogP contribution in [0, 0.1) is 0 Å². The Hall–Kier alpha value is -0.120. The molecule has 2 heterocycles. The van der Waals surface area contributed by atoms with Gasteiger partial charge in [-0.25, -0.2) is 0 Å². The van der Waals surface area contributed by atoms with Crippen LogP contribution in [0.2, 0.25) is 0 Å². The van der Waals surface area contributed by atoms with Crippen LogP contribution in [-0.4, -0.2) is 36.6 Å². The van der Waals surface area contributed by atoms with Crippen molar-refractivity contribution in [2.45, 2.75) is 24.5 Å². The van der Waals surface area contributed by atoms with E-state index in [4.69, 9.17) is 14.6 Å². The summed E-state index contributed by atoms with van der Waals surface area (Å²) in [6, 6.07) is 0. The molecule has 2 aliphatic heterocycles. The Morgan fingerprint density at radius 2 is 2.10 bits per heavy atom. The molecular formula is C7H12O3. The van der Waals surface area contributed by atoms with Crippen molar-refractivity contribution in [3.05, 3.63) is 0 Å². The van der Waals surface area contributed by atoms with Crippen LogP contribution in [0.3, 0.4) is 0 Å². The topological polar surface area (TPSA) is 42.0 Å². The molecule has 0 bridgehead atoms. The zero-order valence-electron chi connectivity index (χ0n) is 5.88. The average Bonchev–Trinajstić information content (AvgIpc) is 2.65. The molecule has 1 N–H and O–H groups in total. The lowest BCUT2D eigenvalue weighted by molar-refractivity contribution is 0.0494. The third-order valence-electron chi connectivity index (χ3n) is 2.41. The van der Waals surface area contributed by atoms with E-state index in [-0.39, 0.29) is 18.3 Å². The Morgan fingerprint density at radius 3 is 2.60 bits per heavy atom. The van der Waals surface area contributed by atoms with E-state index in [1.165, 1.54) is 0 Å². The summed E-state index contributed by atoms with van der Waals surface area (Å²) in [6.07, 6.45) is 2.02. The Morgan fingerprint density at radius 1 is 1.40 bits per heavy atom. The van der Waals surface area contributed by atoms with Gasteiger partial charge in [-0.2, -0.15) is 0 Å². The number of epoxide rings is 1. The minimum Gasteiger partial charge on any atom is -0.394 e. The van der Waals surface area contributed by atoms with E-state index in [0.717, 1.165) is 26.1 Å². The molecule has 0 aromatic rings. The second-order valence-electron chi connectivity index (χ2n) is 2.97. The largest absolute Gasteiger partial charge is 0.394 e. The van der Waals surface area contributed by atoms with Gasteiger partial charge in [-0.05, 0) is 0 Å². The molecule has 0 radical (unpaired) electrons. The summed E-state index contributed by atoms with van der Waals surface area (Å²) in [5.41, 5.74) is 0.0208. The third-order valence-corrected chi connectivity index (χ3v) is 2.41. The van der Waals surface area contributed by atoms with Gasteiger partial charge < -0.3 is 14.6 Å². The van der Waals surface area contributed by atoms with E-state index in [1.807, 2.05) is 0 Å². The first-order chi connectivity index (χ1) is 4.87. The monoisotopic (exact) mass is 144 g/mol. The Bertz CT molecular complexity index is 129. The molecule has 1 atom stereocenters. The molecule has 10 heavy (non-hydrogen) atoms. The number of hydrogen-bond donors (Lipinski definition) is 1. The minimum absolute atomic E-state index is 0.0208. The fourth-order valence-electron chi connectivity index (χ4n) is 1.61. The molecule has 0 aromatic heterocycles. The SMILES string of the molecule is OCC1OC12CCOCC2. The van der Waals surface area contributed by atoms with Gasteiger partial charge in [-0.15, -0.1) is 0 Å². The molecule has 2 rings (SSSR count). The van der Waals surface area contributed by atoms with Crippen LogP contribution in [0.5, 0.6) is 0 Å². The van der Waals surface area contributed by atoms with Gasteiger partial charge in [0.25, 0.3) is 0 Å². The van der Waals surface area contributed by atoms with Gasteiger partial charge >= 0.3 is 0 Å². The highest BCUT2D eigenvalue weighted by atomic mass is 16.6. The van der Waals surface area contributed by atoms with Crippen LogP contribution in [0.4, 0.5) is 0 Å². The van der Waals surface area contributed by atoms with Gasteiger partial charge in [0.2, 0.25) is 0 Å². The van der Waals surface area contributed by atoms with E-state index < -0.39 is 0 Å². The maximum absolute atomic E-state index is 8.76. The summed E-state index contributed by atoms with van der Waals surface area (Å²) in [5.74, 6) is 0. The standard InChI is InChI=1S/C7H12O3/c8-5-6-7(10-6)1-3-9-4-2-7/h6,8H,1-5H2. The molecule has 0 saturated carbocycles. The number of aliphatic hydroxyl groups is 1. The third kappa shape index (κ3) is 0.856. The second-order valence-corrected chi connectivity index (χ2v) is 2.97. The number of ether oxygens (including phenoxy) is 2. The van der Waals surface area contributed by atoms with E-state index in [9.17, 15) is 0 Å². The maximum atomic E-state index is 8.76. The first-order valence-corrected chi connectivity index (χ1v) is 3.74. The Labute approximate surface area is 59.9 Å². The van der Waals surface area contributed by atoms with Crippen LogP contribution in [0.1, 0.15) is 12.8 Å². The molecule has 1 unspecified atom stereocenters. The van der Waals surface area contributed by atoms with Crippen LogP contribution in [0.25, 0.3) is 0 Å². The Balaban J connectivity index is 1.92. The summed E-state index contributed by atoms with van der Waals surface area (Å²) in [6.45, 7) is 1.74. The molecule has 2 saturated heterocycles. The molecule has 2 aliphatic rings. The van der Waals surface area contributed by atoms with Gasteiger partial charge in [0, 0.05) is 26.1 Å². The number of rotatable bonds is 1. The molecular weight excluding hydrogens is 132 g/mol. The summed E-state index contributed by atoms with van der Waals surface area (Å²) in [5, 5.41) is 8.76. The molecule has 58 valence electrons. The number of aliphatic hydroxyl groups excluding tert-OH is 1. The van der Waals surface area contributed by atoms with Crippen molar-refractivity contribution in [1.82, 2.24) is 0 Å². The lowest BCUT2D eigenvalue weighted by atomic mass is 9.96. The summed E-state index contributed by atoms with van der Waals surface area (Å²) in [4.78, 5) is 0. The van der Waals surface area contributed by atoms with Crippen LogP contribution in [0.15, 0.2) is 0 Å². The van der Waals surface area contributed by atoms with Crippen molar-refractivity contribution >= 4 is 0 Å². The molecule has 3 heteroatoms. The summed E-state index contributed by atoms with van der Waals surface area (Å²) < 4.78 is 10.5. The van der Waals surface area contributed by atoms with E-state index in [0.29, 0.717) is 0 Å². The lowest BCUT2D eigenvalue weighted by Gasteiger charge is -2.18. The van der Waals surface area contributed by atoms with Gasteiger partial charge in [0.1, 0.15) is 11.7 Å². The van der Waals surface area contributed by atoms with Crippen molar-refractivity contribution in [2.75, 3.05) is 19.8 Å². The zero-order valence-corrected chi connectivity index (χ0v) is 5.88. The molecule has 0 aromatic carbocycles. The molecule has 1 spiro atoms. The van der Waals surface area contributed by atoms with Gasteiger partial charge in [0.15, 0.2) is 0 Å². The molecule has 0 amide bonds. The van der Waals surface area contributed by atoms with Crippen LogP contribution in [-0.2, 0) is 9.47 Å². The predicted octanol–water partition coefficient (Wildman–Crippen LogP) is -0.0733. The minimum atomic E-state index is 0.0208. The van der Waals surface area contributed by atoms with Crippen molar-refractivity contribution in [3.63, 3.8) is 0 Å². The van der Waals surface area contributed by atoms with Crippen molar-refractivity contribution in [1.29, 1.82) is 0 Å². The van der Waals surface area contributed by atoms with Gasteiger partial charge in [-0.3, -0.25) is 0 Å². The predicted molar refractivity (Wildman–Crippen MR) is 34.7 cm³/mol. The molecule has 3 nitrogen and oxygen atoms in total. The molecule has 2 fully saturated rings. The lowest BCUT2D eigenvalue weighted by Crippen LogP contribution is -2.26. The highest BCUT2D eigenvalue weighted by molar-refractivity contribution is 5.03. The zero-order chi connectivity index (χ0) is 7.03. The van der Waals surface area contributed by atoms with Gasteiger partial charge in [-0.1, -0.05) is 0 Å². The van der Waals surface area contributed by atoms with E-state index >= 15 is 0 Å². The van der Waals surface area contributed by atoms with Crippen LogP contribution >= 0.6 is 0 Å². The average molecular weight is 144 g/mol. The molecule has 0 aliphatic carbocycles. The Kier molecular flexibility index (Phi) is 1.44. The second kappa shape index (κ2) is 2.19. The fraction of sp³-hybridized carbons (Fsp3) is 1.00. The normalized spacial score (nSPS) is 36.3. The fourth-order valence-corrected chi connectivity index (χ4v) is 1.61. The van der Waals surface area contributed by atoms with E-state index in [2.05, 4.69) is 0 Å². The van der Waals surface area contributed by atoms with Gasteiger partial charge in [0.05, 0.1) is 6.61 Å². The summed E-state index contributed by atoms with van der Waals surface area (Å²) >= 11 is 0. The van der Waals surface area contributed by atoms with Crippen molar-refractivity contribution in [3.8, 4) is 0 Å². The van der Waals surface area contributed by atoms with E-state index in [1.54, 1.807) is 0 Å². The van der Waals surface area contributed by atoms with Crippen molar-refractivity contribution in [2.24, 2.45) is 0 Å². The number of hydrogen-bond acceptors (Lipinski definition) is 3. The summed E-state index contributed by atoms with van der Waals surface area (Å²) in [7, 11) is 0. The first-order valence-electron chi connectivity index (χ1n) is 3.74. The smallest absolute Gasteiger partial charge is 0.110 e. The highest BCUT2D eigenvalue weighted by Gasteiger charge is 2.56.